The summed E-state index contributed by atoms with van der Waals surface area (Å²) in [5, 5.41) is 18.3. The van der Waals surface area contributed by atoms with Gasteiger partial charge in [0.25, 0.3) is 0 Å². The molecule has 0 aromatic heterocycles. The predicted molar refractivity (Wildman–Crippen MR) is 88.2 cm³/mol. The van der Waals surface area contributed by atoms with Crippen molar-refractivity contribution in [3.63, 3.8) is 0 Å². The van der Waals surface area contributed by atoms with E-state index >= 15 is 0 Å². The molecule has 0 radical (unpaired) electrons. The number of rotatable bonds is 2. The molecule has 3 rings (SSSR count). The van der Waals surface area contributed by atoms with E-state index in [0.717, 1.165) is 11.1 Å². The molecular formula is C20H12N2O. The van der Waals surface area contributed by atoms with Gasteiger partial charge in [0, 0.05) is 16.7 Å². The maximum atomic E-state index is 9.16. The van der Waals surface area contributed by atoms with Crippen molar-refractivity contribution in [1.82, 2.24) is 0 Å². The van der Waals surface area contributed by atoms with E-state index in [1.807, 2.05) is 72.8 Å². The van der Waals surface area contributed by atoms with Crippen LogP contribution in [0.3, 0.4) is 0 Å². The van der Waals surface area contributed by atoms with Crippen LogP contribution in [-0.2, 0) is 4.74 Å². The van der Waals surface area contributed by atoms with Gasteiger partial charge in [0.1, 0.15) is 29.2 Å². The molecule has 0 bridgehead atoms. The summed E-state index contributed by atoms with van der Waals surface area (Å²) < 4.78 is 6.00. The van der Waals surface area contributed by atoms with Gasteiger partial charge in [-0.25, -0.2) is 0 Å². The van der Waals surface area contributed by atoms with Gasteiger partial charge in [-0.05, 0) is 12.2 Å². The van der Waals surface area contributed by atoms with Crippen LogP contribution in [0.15, 0.2) is 84.0 Å². The lowest BCUT2D eigenvalue weighted by Crippen LogP contribution is -2.00. The van der Waals surface area contributed by atoms with Gasteiger partial charge >= 0.3 is 0 Å². The zero-order valence-corrected chi connectivity index (χ0v) is 12.2. The molecule has 0 spiro atoms. The molecule has 108 valence electrons. The second-order valence-electron chi connectivity index (χ2n) is 4.91. The molecule has 0 fully saturated rings. The van der Waals surface area contributed by atoms with Crippen LogP contribution in [0, 0.1) is 22.7 Å². The summed E-state index contributed by atoms with van der Waals surface area (Å²) in [5.41, 5.74) is 2.40. The summed E-state index contributed by atoms with van der Waals surface area (Å²) >= 11 is 0. The molecule has 0 saturated carbocycles. The van der Waals surface area contributed by atoms with Crippen molar-refractivity contribution in [3.8, 4) is 12.1 Å². The minimum Gasteiger partial charge on any atom is -0.456 e. The minimum absolute atomic E-state index is 0.0650. The number of nitriles is 2. The number of ether oxygens (including phenoxy) is 1. The Morgan fingerprint density at radius 1 is 0.696 bits per heavy atom. The molecule has 2 aromatic carbocycles. The fourth-order valence-corrected chi connectivity index (χ4v) is 2.29. The van der Waals surface area contributed by atoms with E-state index < -0.39 is 0 Å². The van der Waals surface area contributed by atoms with Crippen LogP contribution in [0.2, 0.25) is 0 Å². The van der Waals surface area contributed by atoms with E-state index in [2.05, 4.69) is 0 Å². The van der Waals surface area contributed by atoms with E-state index in [1.165, 1.54) is 0 Å². The number of hydrogen-bond acceptors (Lipinski definition) is 3. The Bertz CT molecular complexity index is 819. The maximum absolute atomic E-state index is 9.16. The van der Waals surface area contributed by atoms with Crippen LogP contribution < -0.4 is 0 Å². The maximum Gasteiger partial charge on any atom is 0.137 e. The zero-order chi connectivity index (χ0) is 16.1. The quantitative estimate of drug-likeness (QED) is 0.770. The second-order valence-corrected chi connectivity index (χ2v) is 4.91. The van der Waals surface area contributed by atoms with Crippen molar-refractivity contribution in [1.29, 1.82) is 10.5 Å². The highest BCUT2D eigenvalue weighted by Crippen LogP contribution is 2.32. The van der Waals surface area contributed by atoms with Crippen LogP contribution >= 0.6 is 0 Å². The third-order valence-corrected chi connectivity index (χ3v) is 3.42. The van der Waals surface area contributed by atoms with Crippen LogP contribution in [0.5, 0.6) is 0 Å². The monoisotopic (exact) mass is 296 g/mol. The molecule has 0 saturated heterocycles. The largest absolute Gasteiger partial charge is 0.456 e. The minimum atomic E-state index is 0.0650. The molecule has 0 amide bonds. The number of hydrogen-bond donors (Lipinski definition) is 0. The first-order valence-corrected chi connectivity index (χ1v) is 7.08. The first-order valence-electron chi connectivity index (χ1n) is 7.08. The first kappa shape index (κ1) is 14.4. The van der Waals surface area contributed by atoms with Gasteiger partial charge in [0.05, 0.1) is 0 Å². The van der Waals surface area contributed by atoms with E-state index in [0.29, 0.717) is 17.1 Å². The molecule has 0 atom stereocenters. The van der Waals surface area contributed by atoms with Gasteiger partial charge in [-0.3, -0.25) is 0 Å². The molecule has 23 heavy (non-hydrogen) atoms. The first-order chi connectivity index (χ1) is 11.3. The molecule has 0 aliphatic carbocycles. The van der Waals surface area contributed by atoms with Gasteiger partial charge in [-0.15, -0.1) is 0 Å². The summed E-state index contributed by atoms with van der Waals surface area (Å²) in [4.78, 5) is 0. The van der Waals surface area contributed by atoms with Crippen LogP contribution in [-0.4, -0.2) is 0 Å². The third kappa shape index (κ3) is 3.05. The molecule has 1 aliphatic heterocycles. The van der Waals surface area contributed by atoms with Crippen molar-refractivity contribution in [3.05, 3.63) is 95.1 Å². The fraction of sp³-hybridized carbons (Fsp3) is 0. The predicted octanol–water partition coefficient (Wildman–Crippen LogP) is 4.44. The smallest absolute Gasteiger partial charge is 0.137 e. The Balaban J connectivity index is 2.13. The fourth-order valence-electron chi connectivity index (χ4n) is 2.29. The molecule has 1 heterocycles. The molecule has 1 aliphatic rings. The van der Waals surface area contributed by atoms with Gasteiger partial charge < -0.3 is 4.74 Å². The van der Waals surface area contributed by atoms with E-state index in [4.69, 9.17) is 15.3 Å². The Kier molecular flexibility index (Phi) is 4.05. The van der Waals surface area contributed by atoms with Gasteiger partial charge in [-0.1, -0.05) is 60.7 Å². The highest BCUT2D eigenvalue weighted by Gasteiger charge is 2.17. The normalized spacial score (nSPS) is 13.0. The zero-order valence-electron chi connectivity index (χ0n) is 12.2. The highest BCUT2D eigenvalue weighted by molar-refractivity contribution is 5.79. The highest BCUT2D eigenvalue weighted by atomic mass is 16.5. The van der Waals surface area contributed by atoms with E-state index in [-0.39, 0.29) is 5.57 Å². The Labute approximate surface area is 134 Å². The Hall–Kier alpha value is -3.56. The molecule has 3 nitrogen and oxygen atoms in total. The lowest BCUT2D eigenvalue weighted by Gasteiger charge is -2.19. The summed E-state index contributed by atoms with van der Waals surface area (Å²) in [6, 6.07) is 23.1. The summed E-state index contributed by atoms with van der Waals surface area (Å²) in [5.74, 6) is 1.23. The van der Waals surface area contributed by atoms with Crippen LogP contribution in [0.25, 0.3) is 11.5 Å². The molecule has 3 heteroatoms. The summed E-state index contributed by atoms with van der Waals surface area (Å²) in [6.45, 7) is 0. The van der Waals surface area contributed by atoms with Crippen molar-refractivity contribution in [2.45, 2.75) is 0 Å². The topological polar surface area (TPSA) is 56.8 Å². The average molecular weight is 296 g/mol. The van der Waals surface area contributed by atoms with Gasteiger partial charge in [0.15, 0.2) is 0 Å². The Morgan fingerprint density at radius 3 is 1.52 bits per heavy atom. The van der Waals surface area contributed by atoms with Gasteiger partial charge in [0.2, 0.25) is 0 Å². The van der Waals surface area contributed by atoms with Crippen LogP contribution in [0.4, 0.5) is 0 Å². The summed E-state index contributed by atoms with van der Waals surface area (Å²) in [7, 11) is 0. The SMILES string of the molecule is N#CC(C#N)=C1C=C(c2ccccc2)OC(c2ccccc2)=C1. The molecule has 0 N–H and O–H groups in total. The van der Waals surface area contributed by atoms with Crippen molar-refractivity contribution < 1.29 is 4.74 Å². The standard InChI is InChI=1S/C20H12N2O/c21-13-18(14-22)17-11-19(15-7-3-1-4-8-15)23-20(12-17)16-9-5-2-6-10-16/h1-12H. The second kappa shape index (κ2) is 6.47. The molecule has 0 unspecified atom stereocenters. The van der Waals surface area contributed by atoms with Crippen molar-refractivity contribution in [2.24, 2.45) is 0 Å². The number of allylic oxidation sites excluding steroid dienone is 4. The summed E-state index contributed by atoms with van der Waals surface area (Å²) in [6.07, 6.45) is 3.45. The van der Waals surface area contributed by atoms with Crippen molar-refractivity contribution >= 4 is 11.5 Å². The van der Waals surface area contributed by atoms with Crippen LogP contribution in [0.1, 0.15) is 11.1 Å². The molecule has 2 aromatic rings. The van der Waals surface area contributed by atoms with E-state index in [9.17, 15) is 0 Å². The third-order valence-electron chi connectivity index (χ3n) is 3.42. The van der Waals surface area contributed by atoms with Crippen molar-refractivity contribution in [2.75, 3.05) is 0 Å². The number of benzene rings is 2. The lowest BCUT2D eigenvalue weighted by molar-refractivity contribution is 0.467. The Morgan fingerprint density at radius 2 is 1.13 bits per heavy atom. The number of nitrogens with zero attached hydrogens (tertiary/aromatic N) is 2. The molecular weight excluding hydrogens is 284 g/mol. The van der Waals surface area contributed by atoms with Gasteiger partial charge in [-0.2, -0.15) is 10.5 Å². The average Bonchev–Trinajstić information content (AvgIpc) is 2.64. The van der Waals surface area contributed by atoms with E-state index in [1.54, 1.807) is 12.2 Å². The lowest BCUT2D eigenvalue weighted by atomic mass is 10.0.